The smallest absolute Gasteiger partial charge is 0.328 e. The Labute approximate surface area is 119 Å². The van der Waals surface area contributed by atoms with Gasteiger partial charge in [-0.1, -0.05) is 43.2 Å². The van der Waals surface area contributed by atoms with E-state index in [0.29, 0.717) is 6.42 Å². The Morgan fingerprint density at radius 2 is 2.00 bits per heavy atom. The summed E-state index contributed by atoms with van der Waals surface area (Å²) in [6.45, 7) is 0.255. The van der Waals surface area contributed by atoms with Gasteiger partial charge in [-0.3, -0.25) is 0 Å². The van der Waals surface area contributed by atoms with Crippen LogP contribution in [0.1, 0.15) is 31.2 Å². The highest BCUT2D eigenvalue weighted by Gasteiger charge is 2.43. The average molecular weight is 285 g/mol. The number of benzene rings is 1. The summed E-state index contributed by atoms with van der Waals surface area (Å²) < 4.78 is 5.30. The Bertz CT molecular complexity index is 413. The molecule has 0 bridgehead atoms. The van der Waals surface area contributed by atoms with E-state index in [-0.39, 0.29) is 31.0 Å². The molecule has 19 heavy (non-hydrogen) atoms. The molecule has 1 fully saturated rings. The van der Waals surface area contributed by atoms with Crippen molar-refractivity contribution in [3.05, 3.63) is 35.9 Å². The molecule has 0 aliphatic heterocycles. The topological polar surface area (TPSA) is 78.3 Å². The first-order valence-corrected chi connectivity index (χ1v) is 6.38. The summed E-state index contributed by atoms with van der Waals surface area (Å²) in [7, 11) is 0. The maximum absolute atomic E-state index is 12.1. The van der Waals surface area contributed by atoms with Gasteiger partial charge in [-0.2, -0.15) is 0 Å². The molecule has 0 heterocycles. The molecule has 4 N–H and O–H groups in total. The lowest BCUT2D eigenvalue weighted by atomic mass is 9.78. The maximum Gasteiger partial charge on any atom is 0.328 e. The summed E-state index contributed by atoms with van der Waals surface area (Å²) in [5, 5.41) is 0. The van der Waals surface area contributed by atoms with Crippen LogP contribution < -0.4 is 11.5 Å². The van der Waals surface area contributed by atoms with Crippen molar-refractivity contribution < 1.29 is 9.53 Å². The Morgan fingerprint density at radius 1 is 1.32 bits per heavy atom. The molecule has 0 amide bonds. The molecular formula is C14H21ClN2O2. The Balaban J connectivity index is 0.00000180. The molecular weight excluding hydrogens is 264 g/mol. The summed E-state index contributed by atoms with van der Waals surface area (Å²) in [6.07, 6.45) is 3.37. The number of rotatable bonds is 3. The first-order chi connectivity index (χ1) is 8.63. The number of nitrogens with two attached hydrogens (primary N) is 2. The van der Waals surface area contributed by atoms with E-state index in [4.69, 9.17) is 16.2 Å². The van der Waals surface area contributed by atoms with E-state index in [1.807, 2.05) is 30.3 Å². The van der Waals surface area contributed by atoms with E-state index in [1.165, 1.54) is 0 Å². The number of hydrogen-bond donors (Lipinski definition) is 2. The molecule has 1 aliphatic carbocycles. The van der Waals surface area contributed by atoms with Crippen LogP contribution in [-0.4, -0.2) is 17.6 Å². The van der Waals surface area contributed by atoms with E-state index in [9.17, 15) is 4.79 Å². The molecule has 0 saturated heterocycles. The standard InChI is InChI=1S/C14H20N2O2.ClH/c15-12-8-4-5-9-14(12,16)13(17)18-10-11-6-2-1-3-7-11;/h1-3,6-7,12H,4-5,8-10,15-16H2;1H. The minimum absolute atomic E-state index is 0. The number of ether oxygens (including phenoxy) is 1. The van der Waals surface area contributed by atoms with Crippen molar-refractivity contribution >= 4 is 18.4 Å². The van der Waals surface area contributed by atoms with Crippen LogP contribution in [0.4, 0.5) is 0 Å². The molecule has 1 aromatic rings. The van der Waals surface area contributed by atoms with E-state index < -0.39 is 5.54 Å². The van der Waals surface area contributed by atoms with Crippen LogP contribution >= 0.6 is 12.4 Å². The van der Waals surface area contributed by atoms with Crippen molar-refractivity contribution in [2.24, 2.45) is 11.5 Å². The third-order valence-electron chi connectivity index (χ3n) is 3.61. The van der Waals surface area contributed by atoms with Crippen LogP contribution in [0.15, 0.2) is 30.3 Å². The van der Waals surface area contributed by atoms with Gasteiger partial charge in [0.25, 0.3) is 0 Å². The van der Waals surface area contributed by atoms with Gasteiger partial charge in [0.05, 0.1) is 0 Å². The third-order valence-corrected chi connectivity index (χ3v) is 3.61. The molecule has 1 aromatic carbocycles. The van der Waals surface area contributed by atoms with Crippen molar-refractivity contribution in [2.75, 3.05) is 0 Å². The minimum Gasteiger partial charge on any atom is -0.459 e. The maximum atomic E-state index is 12.1. The number of halogens is 1. The number of esters is 1. The first kappa shape index (κ1) is 16.0. The summed E-state index contributed by atoms with van der Waals surface area (Å²) in [6, 6.07) is 9.28. The van der Waals surface area contributed by atoms with Gasteiger partial charge < -0.3 is 16.2 Å². The highest BCUT2D eigenvalue weighted by molar-refractivity contribution is 5.85. The molecule has 5 heteroatoms. The fourth-order valence-corrected chi connectivity index (χ4v) is 2.34. The van der Waals surface area contributed by atoms with Gasteiger partial charge in [-0.25, -0.2) is 4.79 Å². The Kier molecular flexibility index (Phi) is 5.79. The van der Waals surface area contributed by atoms with Crippen LogP contribution in [-0.2, 0) is 16.1 Å². The van der Waals surface area contributed by atoms with E-state index >= 15 is 0 Å². The van der Waals surface area contributed by atoms with Crippen LogP contribution in [0, 0.1) is 0 Å². The zero-order valence-corrected chi connectivity index (χ0v) is 11.7. The molecule has 0 aromatic heterocycles. The molecule has 4 nitrogen and oxygen atoms in total. The fourth-order valence-electron chi connectivity index (χ4n) is 2.34. The van der Waals surface area contributed by atoms with E-state index in [2.05, 4.69) is 0 Å². The lowest BCUT2D eigenvalue weighted by Crippen LogP contribution is -2.62. The van der Waals surface area contributed by atoms with Gasteiger partial charge in [0.15, 0.2) is 0 Å². The molecule has 2 unspecified atom stereocenters. The monoisotopic (exact) mass is 284 g/mol. The van der Waals surface area contributed by atoms with Gasteiger partial charge in [0, 0.05) is 6.04 Å². The lowest BCUT2D eigenvalue weighted by molar-refractivity contribution is -0.153. The van der Waals surface area contributed by atoms with Crippen molar-refractivity contribution in [3.8, 4) is 0 Å². The van der Waals surface area contributed by atoms with Gasteiger partial charge in [-0.15, -0.1) is 12.4 Å². The Morgan fingerprint density at radius 3 is 2.63 bits per heavy atom. The highest BCUT2D eigenvalue weighted by Crippen LogP contribution is 2.26. The van der Waals surface area contributed by atoms with Gasteiger partial charge >= 0.3 is 5.97 Å². The summed E-state index contributed by atoms with van der Waals surface area (Å²) in [5.41, 5.74) is 12.0. The Hall–Kier alpha value is -1.10. The largest absolute Gasteiger partial charge is 0.459 e. The van der Waals surface area contributed by atoms with Crippen molar-refractivity contribution in [1.82, 2.24) is 0 Å². The second-order valence-corrected chi connectivity index (χ2v) is 4.95. The van der Waals surface area contributed by atoms with E-state index in [1.54, 1.807) is 0 Å². The second-order valence-electron chi connectivity index (χ2n) is 4.95. The quantitative estimate of drug-likeness (QED) is 0.829. The summed E-state index contributed by atoms with van der Waals surface area (Å²) in [4.78, 5) is 12.1. The lowest BCUT2D eigenvalue weighted by Gasteiger charge is -2.36. The molecule has 1 saturated carbocycles. The van der Waals surface area contributed by atoms with Crippen molar-refractivity contribution in [2.45, 2.75) is 43.9 Å². The molecule has 2 atom stereocenters. The van der Waals surface area contributed by atoms with Crippen LogP contribution in [0.3, 0.4) is 0 Å². The first-order valence-electron chi connectivity index (χ1n) is 6.38. The molecule has 2 rings (SSSR count). The predicted molar refractivity (Wildman–Crippen MR) is 76.8 cm³/mol. The van der Waals surface area contributed by atoms with Crippen LogP contribution in [0.25, 0.3) is 0 Å². The number of carbonyl (C=O) groups excluding carboxylic acids is 1. The van der Waals surface area contributed by atoms with Crippen molar-refractivity contribution in [1.29, 1.82) is 0 Å². The van der Waals surface area contributed by atoms with Crippen LogP contribution in [0.5, 0.6) is 0 Å². The second kappa shape index (κ2) is 6.89. The molecule has 0 spiro atoms. The highest BCUT2D eigenvalue weighted by atomic mass is 35.5. The zero-order chi connectivity index (χ0) is 13.0. The SMILES string of the molecule is Cl.NC1CCCCC1(N)C(=O)OCc1ccccc1. The van der Waals surface area contributed by atoms with Crippen molar-refractivity contribution in [3.63, 3.8) is 0 Å². The molecule has 106 valence electrons. The van der Waals surface area contributed by atoms with E-state index in [0.717, 1.165) is 24.8 Å². The fraction of sp³-hybridized carbons (Fsp3) is 0.500. The number of carbonyl (C=O) groups is 1. The third kappa shape index (κ3) is 3.69. The molecule has 0 radical (unpaired) electrons. The minimum atomic E-state index is -1.01. The summed E-state index contributed by atoms with van der Waals surface area (Å²) in [5.74, 6) is -0.376. The average Bonchev–Trinajstić information content (AvgIpc) is 2.40. The molecule has 1 aliphatic rings. The van der Waals surface area contributed by atoms with Crippen LogP contribution in [0.2, 0.25) is 0 Å². The predicted octanol–water partition coefficient (Wildman–Crippen LogP) is 1.75. The van der Waals surface area contributed by atoms with Gasteiger partial charge in [-0.05, 0) is 18.4 Å². The summed E-state index contributed by atoms with van der Waals surface area (Å²) >= 11 is 0. The zero-order valence-electron chi connectivity index (χ0n) is 10.9. The number of hydrogen-bond acceptors (Lipinski definition) is 4. The van der Waals surface area contributed by atoms with Gasteiger partial charge in [0.1, 0.15) is 12.1 Å². The van der Waals surface area contributed by atoms with Gasteiger partial charge in [0.2, 0.25) is 0 Å². The normalized spacial score (nSPS) is 26.3.